The van der Waals surface area contributed by atoms with Gasteiger partial charge >= 0.3 is 5.63 Å². The van der Waals surface area contributed by atoms with Crippen molar-refractivity contribution < 1.29 is 18.3 Å². The van der Waals surface area contributed by atoms with Gasteiger partial charge < -0.3 is 14.5 Å². The van der Waals surface area contributed by atoms with E-state index in [0.29, 0.717) is 11.1 Å². The van der Waals surface area contributed by atoms with E-state index in [4.69, 9.17) is 9.15 Å². The van der Waals surface area contributed by atoms with Crippen LogP contribution >= 0.6 is 0 Å². The Balaban J connectivity index is 2.07. The Hall–Kier alpha value is -3.15. The lowest BCUT2D eigenvalue weighted by Gasteiger charge is -2.08. The highest BCUT2D eigenvalue weighted by Gasteiger charge is 2.15. The van der Waals surface area contributed by atoms with Crippen LogP contribution in [0.3, 0.4) is 0 Å². The van der Waals surface area contributed by atoms with Gasteiger partial charge in [-0.1, -0.05) is 12.1 Å². The van der Waals surface area contributed by atoms with E-state index in [9.17, 15) is 14.0 Å². The van der Waals surface area contributed by atoms with Crippen LogP contribution in [0.1, 0.15) is 10.4 Å². The van der Waals surface area contributed by atoms with Crippen LogP contribution < -0.4 is 15.7 Å². The Morgan fingerprint density at radius 2 is 1.96 bits per heavy atom. The maximum atomic E-state index is 13.6. The Morgan fingerprint density at radius 1 is 1.17 bits per heavy atom. The van der Waals surface area contributed by atoms with Gasteiger partial charge in [0.05, 0.1) is 18.4 Å². The standard InChI is InChI=1S/C17H12FNO4/c1-22-10-6-7-11-12(9-16(20)23-15(11)8-10)17(21)19-14-5-3-2-4-13(14)18/h2-9H,1H3,(H,19,21). The number of benzene rings is 2. The van der Waals surface area contributed by atoms with Crippen LogP contribution in [-0.4, -0.2) is 13.0 Å². The Morgan fingerprint density at radius 3 is 2.70 bits per heavy atom. The van der Waals surface area contributed by atoms with Crippen molar-refractivity contribution >= 4 is 22.6 Å². The maximum absolute atomic E-state index is 13.6. The zero-order chi connectivity index (χ0) is 16.4. The van der Waals surface area contributed by atoms with E-state index in [0.717, 1.165) is 6.07 Å². The van der Waals surface area contributed by atoms with E-state index in [1.54, 1.807) is 18.2 Å². The lowest BCUT2D eigenvalue weighted by atomic mass is 10.1. The summed E-state index contributed by atoms with van der Waals surface area (Å²) in [7, 11) is 1.48. The Labute approximate surface area is 130 Å². The molecule has 0 unspecified atom stereocenters. The van der Waals surface area contributed by atoms with E-state index in [1.807, 2.05) is 0 Å². The number of amides is 1. The van der Waals surface area contributed by atoms with Gasteiger partial charge in [-0.2, -0.15) is 0 Å². The number of fused-ring (bicyclic) bond motifs is 1. The van der Waals surface area contributed by atoms with Crippen LogP contribution in [0.5, 0.6) is 5.75 Å². The summed E-state index contributed by atoms with van der Waals surface area (Å²) in [5, 5.41) is 2.88. The first-order valence-electron chi connectivity index (χ1n) is 6.76. The number of rotatable bonds is 3. The fraction of sp³-hybridized carbons (Fsp3) is 0.0588. The monoisotopic (exact) mass is 313 g/mol. The summed E-state index contributed by atoms with van der Waals surface area (Å²) in [6, 6.07) is 11.6. The fourth-order valence-electron chi connectivity index (χ4n) is 2.21. The summed E-state index contributed by atoms with van der Waals surface area (Å²) in [5.41, 5.74) is -0.325. The van der Waals surface area contributed by atoms with Crippen molar-refractivity contribution in [3.05, 3.63) is 70.3 Å². The number of ether oxygens (including phenoxy) is 1. The predicted octanol–water partition coefficient (Wildman–Crippen LogP) is 3.19. The summed E-state index contributed by atoms with van der Waals surface area (Å²) in [6.45, 7) is 0. The van der Waals surface area contributed by atoms with E-state index >= 15 is 0 Å². The molecule has 0 spiro atoms. The van der Waals surface area contributed by atoms with Gasteiger partial charge in [-0.15, -0.1) is 0 Å². The van der Waals surface area contributed by atoms with Crippen molar-refractivity contribution in [2.45, 2.75) is 0 Å². The predicted molar refractivity (Wildman–Crippen MR) is 83.4 cm³/mol. The van der Waals surface area contributed by atoms with Crippen molar-refractivity contribution in [1.29, 1.82) is 0 Å². The van der Waals surface area contributed by atoms with Crippen LogP contribution in [0.25, 0.3) is 11.0 Å². The molecule has 0 atom stereocenters. The largest absolute Gasteiger partial charge is 0.497 e. The van der Waals surface area contributed by atoms with Gasteiger partial charge in [-0.25, -0.2) is 9.18 Å². The van der Waals surface area contributed by atoms with Crippen LogP contribution in [0.15, 0.2) is 57.7 Å². The van der Waals surface area contributed by atoms with Crippen molar-refractivity contribution in [2.75, 3.05) is 12.4 Å². The molecule has 0 fully saturated rings. The van der Waals surface area contributed by atoms with Crippen molar-refractivity contribution in [1.82, 2.24) is 0 Å². The molecule has 1 N–H and O–H groups in total. The molecule has 0 radical (unpaired) electrons. The summed E-state index contributed by atoms with van der Waals surface area (Å²) in [6.07, 6.45) is 0. The molecule has 1 amide bonds. The molecule has 2 aromatic carbocycles. The highest BCUT2D eigenvalue weighted by molar-refractivity contribution is 6.12. The third-order valence-corrected chi connectivity index (χ3v) is 3.32. The molecule has 0 aliphatic rings. The second-order valence-corrected chi connectivity index (χ2v) is 4.78. The van der Waals surface area contributed by atoms with E-state index in [-0.39, 0.29) is 16.8 Å². The van der Waals surface area contributed by atoms with Gasteiger partial charge in [0.25, 0.3) is 5.91 Å². The number of halogens is 1. The summed E-state index contributed by atoms with van der Waals surface area (Å²) in [5.74, 6) is -0.666. The molecular formula is C17H12FNO4. The normalized spacial score (nSPS) is 10.5. The number of nitrogens with one attached hydrogen (secondary N) is 1. The molecule has 1 aromatic heterocycles. The highest BCUT2D eigenvalue weighted by Crippen LogP contribution is 2.23. The third-order valence-electron chi connectivity index (χ3n) is 3.32. The van der Waals surface area contributed by atoms with Gasteiger partial charge in [0.1, 0.15) is 17.1 Å². The molecule has 116 valence electrons. The molecule has 6 heteroatoms. The van der Waals surface area contributed by atoms with Crippen LogP contribution in [-0.2, 0) is 0 Å². The molecule has 3 rings (SSSR count). The second kappa shape index (κ2) is 5.92. The van der Waals surface area contributed by atoms with E-state index in [1.165, 1.54) is 31.4 Å². The quantitative estimate of drug-likeness (QED) is 0.754. The van der Waals surface area contributed by atoms with Crippen LogP contribution in [0.2, 0.25) is 0 Å². The average molecular weight is 313 g/mol. The zero-order valence-corrected chi connectivity index (χ0v) is 12.1. The minimum Gasteiger partial charge on any atom is -0.497 e. The molecule has 23 heavy (non-hydrogen) atoms. The van der Waals surface area contributed by atoms with Crippen LogP contribution in [0, 0.1) is 5.82 Å². The first-order valence-corrected chi connectivity index (χ1v) is 6.76. The number of methoxy groups -OCH3 is 1. The fourth-order valence-corrected chi connectivity index (χ4v) is 2.21. The number of hydrogen-bond acceptors (Lipinski definition) is 4. The number of carbonyl (C=O) groups is 1. The van der Waals surface area contributed by atoms with Gasteiger partial charge in [-0.3, -0.25) is 4.79 Å². The summed E-state index contributed by atoms with van der Waals surface area (Å²) in [4.78, 5) is 24.1. The number of carbonyl (C=O) groups excluding carboxylic acids is 1. The van der Waals surface area contributed by atoms with E-state index in [2.05, 4.69) is 5.32 Å². The van der Waals surface area contributed by atoms with Crippen LogP contribution in [0.4, 0.5) is 10.1 Å². The molecule has 1 heterocycles. The zero-order valence-electron chi connectivity index (χ0n) is 12.1. The lowest BCUT2D eigenvalue weighted by Crippen LogP contribution is -2.16. The van der Waals surface area contributed by atoms with Crippen molar-refractivity contribution in [3.8, 4) is 5.75 Å². The Bertz CT molecular complexity index is 949. The average Bonchev–Trinajstić information content (AvgIpc) is 2.55. The summed E-state index contributed by atoms with van der Waals surface area (Å²) < 4.78 is 23.8. The van der Waals surface area contributed by atoms with E-state index < -0.39 is 17.3 Å². The molecule has 0 saturated carbocycles. The topological polar surface area (TPSA) is 68.5 Å². The molecule has 0 aliphatic carbocycles. The minimum absolute atomic E-state index is 0.0346. The smallest absolute Gasteiger partial charge is 0.337 e. The van der Waals surface area contributed by atoms with Crippen molar-refractivity contribution in [3.63, 3.8) is 0 Å². The van der Waals surface area contributed by atoms with Gasteiger partial charge in [-0.05, 0) is 24.3 Å². The molecule has 5 nitrogen and oxygen atoms in total. The third kappa shape index (κ3) is 2.91. The minimum atomic E-state index is -0.676. The SMILES string of the molecule is COc1ccc2c(C(=O)Nc3ccccc3F)cc(=O)oc2c1. The van der Waals surface area contributed by atoms with Gasteiger partial charge in [0.15, 0.2) is 0 Å². The van der Waals surface area contributed by atoms with Gasteiger partial charge in [0.2, 0.25) is 0 Å². The molecular weight excluding hydrogens is 301 g/mol. The lowest BCUT2D eigenvalue weighted by molar-refractivity contribution is 0.102. The first-order chi connectivity index (χ1) is 11.1. The summed E-state index contributed by atoms with van der Waals surface area (Å²) >= 11 is 0. The maximum Gasteiger partial charge on any atom is 0.337 e. The first kappa shape index (κ1) is 14.8. The second-order valence-electron chi connectivity index (χ2n) is 4.78. The Kier molecular flexibility index (Phi) is 3.80. The molecule has 0 aliphatic heterocycles. The number of hydrogen-bond donors (Lipinski definition) is 1. The highest BCUT2D eigenvalue weighted by atomic mass is 19.1. The van der Waals surface area contributed by atoms with Gasteiger partial charge in [0, 0.05) is 17.5 Å². The molecule has 0 bridgehead atoms. The van der Waals surface area contributed by atoms with Crippen molar-refractivity contribution in [2.24, 2.45) is 0 Å². The molecule has 3 aromatic rings. The number of anilines is 1. The molecule has 0 saturated heterocycles. The number of para-hydroxylation sites is 1.